The number of carboxylic acid groups (broad SMARTS) is 1. The van der Waals surface area contributed by atoms with Crippen molar-refractivity contribution < 1.29 is 22.7 Å². The van der Waals surface area contributed by atoms with Crippen molar-refractivity contribution in [2.24, 2.45) is 5.92 Å². The average molecular weight is 316 g/mol. The molecule has 1 saturated heterocycles. The molecule has 7 nitrogen and oxygen atoms in total. The Hall–Kier alpha value is -1.38. The Morgan fingerprint density at radius 1 is 1.48 bits per heavy atom. The zero-order valence-electron chi connectivity index (χ0n) is 12.2. The van der Waals surface area contributed by atoms with Gasteiger partial charge in [0.25, 0.3) is 10.2 Å². The summed E-state index contributed by atoms with van der Waals surface area (Å²) in [6, 6.07) is 1.75. The van der Waals surface area contributed by atoms with Crippen LogP contribution in [0.15, 0.2) is 16.7 Å². The molecule has 0 amide bonds. The number of piperidine rings is 1. The maximum atomic E-state index is 12.5. The normalized spacial score (nSPS) is 18.2. The second-order valence-corrected chi connectivity index (χ2v) is 7.31. The van der Waals surface area contributed by atoms with Gasteiger partial charge in [0.15, 0.2) is 0 Å². The Morgan fingerprint density at radius 3 is 2.57 bits per heavy atom. The summed E-state index contributed by atoms with van der Waals surface area (Å²) in [6.45, 7) is 2.51. The highest BCUT2D eigenvalue weighted by molar-refractivity contribution is 7.86. The molecule has 2 rings (SSSR count). The van der Waals surface area contributed by atoms with Crippen LogP contribution in [0, 0.1) is 12.8 Å². The van der Waals surface area contributed by atoms with Crippen molar-refractivity contribution >= 4 is 16.2 Å². The quantitative estimate of drug-likeness (QED) is 0.877. The summed E-state index contributed by atoms with van der Waals surface area (Å²) in [5.41, 5.74) is 0.821. The van der Waals surface area contributed by atoms with Crippen LogP contribution in [0.25, 0.3) is 0 Å². The second kappa shape index (κ2) is 6.17. The number of aryl methyl sites for hydroxylation is 1. The lowest BCUT2D eigenvalue weighted by atomic mass is 9.99. The largest absolute Gasteiger partial charge is 0.481 e. The number of hydrogen-bond donors (Lipinski definition) is 1. The van der Waals surface area contributed by atoms with E-state index in [1.165, 1.54) is 21.9 Å². The smallest absolute Gasteiger partial charge is 0.306 e. The van der Waals surface area contributed by atoms with Crippen LogP contribution in [-0.2, 0) is 21.5 Å². The number of carboxylic acids is 1. The van der Waals surface area contributed by atoms with E-state index in [1.807, 2.05) is 0 Å². The average Bonchev–Trinajstić information content (AvgIpc) is 2.84. The molecular formula is C13H20N2O5S. The minimum absolute atomic E-state index is 0.240. The molecule has 21 heavy (non-hydrogen) atoms. The van der Waals surface area contributed by atoms with Gasteiger partial charge in [-0.3, -0.25) is 4.79 Å². The lowest BCUT2D eigenvalue weighted by molar-refractivity contribution is -0.142. The van der Waals surface area contributed by atoms with Gasteiger partial charge < -0.3 is 9.52 Å². The fourth-order valence-corrected chi connectivity index (χ4v) is 3.80. The first-order chi connectivity index (χ1) is 9.82. The first-order valence-electron chi connectivity index (χ1n) is 6.79. The summed E-state index contributed by atoms with van der Waals surface area (Å²) in [7, 11) is -2.05. The van der Waals surface area contributed by atoms with Crippen molar-refractivity contribution in [1.29, 1.82) is 0 Å². The van der Waals surface area contributed by atoms with Gasteiger partial charge in [0.2, 0.25) is 0 Å². The highest BCUT2D eigenvalue weighted by Crippen LogP contribution is 2.22. The molecule has 2 heterocycles. The van der Waals surface area contributed by atoms with Crippen molar-refractivity contribution in [3.05, 3.63) is 23.7 Å². The van der Waals surface area contributed by atoms with E-state index < -0.39 is 22.1 Å². The maximum Gasteiger partial charge on any atom is 0.306 e. The fraction of sp³-hybridized carbons (Fsp3) is 0.615. The van der Waals surface area contributed by atoms with Crippen molar-refractivity contribution in [2.75, 3.05) is 20.1 Å². The Labute approximate surface area is 124 Å². The molecule has 0 saturated carbocycles. The molecule has 0 bridgehead atoms. The summed E-state index contributed by atoms with van der Waals surface area (Å²) >= 11 is 0. The molecule has 118 valence electrons. The molecule has 0 unspecified atom stereocenters. The van der Waals surface area contributed by atoms with Gasteiger partial charge in [-0.25, -0.2) is 0 Å². The SMILES string of the molecule is Cc1occc1CN(C)S(=O)(=O)N1CCC(C(=O)O)CC1. The van der Waals surface area contributed by atoms with Crippen molar-refractivity contribution in [3.8, 4) is 0 Å². The van der Waals surface area contributed by atoms with Gasteiger partial charge in [0, 0.05) is 32.2 Å². The zero-order valence-corrected chi connectivity index (χ0v) is 13.0. The summed E-state index contributed by atoms with van der Waals surface area (Å²) in [5, 5.41) is 8.95. The van der Waals surface area contributed by atoms with Crippen LogP contribution in [0.3, 0.4) is 0 Å². The number of hydrogen-bond acceptors (Lipinski definition) is 4. The molecule has 1 aliphatic rings. The van der Waals surface area contributed by atoms with Crippen LogP contribution in [0.2, 0.25) is 0 Å². The van der Waals surface area contributed by atoms with Gasteiger partial charge in [-0.15, -0.1) is 0 Å². The Bertz CT molecular complexity index is 602. The highest BCUT2D eigenvalue weighted by Gasteiger charge is 2.33. The summed E-state index contributed by atoms with van der Waals surface area (Å²) in [4.78, 5) is 10.9. The third-order valence-corrected chi connectivity index (χ3v) is 5.82. The van der Waals surface area contributed by atoms with E-state index in [9.17, 15) is 13.2 Å². The molecule has 1 N–H and O–H groups in total. The lowest BCUT2D eigenvalue weighted by Crippen LogP contribution is -2.46. The van der Waals surface area contributed by atoms with Gasteiger partial charge in [0.1, 0.15) is 5.76 Å². The summed E-state index contributed by atoms with van der Waals surface area (Å²) < 4.78 is 32.7. The van der Waals surface area contributed by atoms with Crippen LogP contribution in [-0.4, -0.2) is 48.2 Å². The van der Waals surface area contributed by atoms with Crippen molar-refractivity contribution in [1.82, 2.24) is 8.61 Å². The molecule has 1 aromatic rings. The first-order valence-corrected chi connectivity index (χ1v) is 8.19. The second-order valence-electron chi connectivity index (χ2n) is 5.28. The standard InChI is InChI=1S/C13H20N2O5S/c1-10-12(5-8-20-10)9-14(2)21(18,19)15-6-3-11(4-7-15)13(16)17/h5,8,11H,3-4,6-7,9H2,1-2H3,(H,16,17). The molecule has 1 aromatic heterocycles. The minimum atomic E-state index is -3.57. The lowest BCUT2D eigenvalue weighted by Gasteiger charge is -2.32. The van der Waals surface area contributed by atoms with Gasteiger partial charge in [0.05, 0.1) is 12.2 Å². The maximum absolute atomic E-state index is 12.5. The van der Waals surface area contributed by atoms with Crippen LogP contribution >= 0.6 is 0 Å². The summed E-state index contributed by atoms with van der Waals surface area (Å²) in [6.07, 6.45) is 2.24. The predicted octanol–water partition coefficient (Wildman–Crippen LogP) is 1.06. The van der Waals surface area contributed by atoms with Crippen LogP contribution in [0.4, 0.5) is 0 Å². The van der Waals surface area contributed by atoms with E-state index in [0.29, 0.717) is 18.6 Å². The fourth-order valence-electron chi connectivity index (χ4n) is 2.43. The topological polar surface area (TPSA) is 91.1 Å². The van der Waals surface area contributed by atoms with Crippen LogP contribution < -0.4 is 0 Å². The Balaban J connectivity index is 2.01. The summed E-state index contributed by atoms with van der Waals surface area (Å²) in [5.74, 6) is -0.603. The third-order valence-electron chi connectivity index (χ3n) is 3.88. The highest BCUT2D eigenvalue weighted by atomic mass is 32.2. The van der Waals surface area contributed by atoms with E-state index in [-0.39, 0.29) is 19.6 Å². The van der Waals surface area contributed by atoms with Crippen LogP contribution in [0.1, 0.15) is 24.2 Å². The van der Waals surface area contributed by atoms with Gasteiger partial charge >= 0.3 is 5.97 Å². The Kier molecular flexibility index (Phi) is 4.70. The molecule has 1 aliphatic heterocycles. The number of nitrogens with zero attached hydrogens (tertiary/aromatic N) is 2. The molecule has 0 radical (unpaired) electrons. The molecule has 1 fully saturated rings. The van der Waals surface area contributed by atoms with E-state index in [4.69, 9.17) is 9.52 Å². The third kappa shape index (κ3) is 3.45. The van der Waals surface area contributed by atoms with Crippen molar-refractivity contribution in [2.45, 2.75) is 26.3 Å². The number of carbonyl (C=O) groups is 1. The van der Waals surface area contributed by atoms with Crippen molar-refractivity contribution in [3.63, 3.8) is 0 Å². The molecule has 0 aliphatic carbocycles. The first kappa shape index (κ1) is 16.0. The Morgan fingerprint density at radius 2 is 2.10 bits per heavy atom. The molecular weight excluding hydrogens is 296 g/mol. The number of aliphatic carboxylic acids is 1. The van der Waals surface area contributed by atoms with E-state index in [2.05, 4.69) is 0 Å². The molecule has 0 atom stereocenters. The predicted molar refractivity (Wildman–Crippen MR) is 75.8 cm³/mol. The molecule has 0 spiro atoms. The van der Waals surface area contributed by atoms with Gasteiger partial charge in [-0.1, -0.05) is 0 Å². The van der Waals surface area contributed by atoms with E-state index in [1.54, 1.807) is 13.0 Å². The minimum Gasteiger partial charge on any atom is -0.481 e. The van der Waals surface area contributed by atoms with Gasteiger partial charge in [-0.2, -0.15) is 17.0 Å². The zero-order chi connectivity index (χ0) is 15.6. The van der Waals surface area contributed by atoms with E-state index >= 15 is 0 Å². The monoisotopic (exact) mass is 316 g/mol. The van der Waals surface area contributed by atoms with Gasteiger partial charge in [-0.05, 0) is 25.8 Å². The number of furan rings is 1. The van der Waals surface area contributed by atoms with E-state index in [0.717, 1.165) is 5.56 Å². The molecule has 0 aromatic carbocycles. The van der Waals surface area contributed by atoms with Crippen LogP contribution in [0.5, 0.6) is 0 Å². The number of rotatable bonds is 5. The molecule has 8 heteroatoms.